The number of hydrogen-bond acceptors (Lipinski definition) is 10. The van der Waals surface area contributed by atoms with Crippen LogP contribution in [0, 0.1) is 23.2 Å². The number of likely N-dealkylation sites (N-methyl/N-ethyl adjacent to an activating group) is 1. The number of nitrogens with zero attached hydrogens (tertiary/aromatic N) is 1. The number of nitrogens with two attached hydrogens (primary N) is 1. The number of nitrogen functional groups attached to an aromatic ring is 1. The van der Waals surface area contributed by atoms with Crippen LogP contribution in [0.2, 0.25) is 0 Å². The molecule has 220 valence electrons. The van der Waals surface area contributed by atoms with Crippen molar-refractivity contribution in [1.82, 2.24) is 4.90 Å². The molecule has 7 rings (SSSR count). The number of benzene rings is 1. The number of rotatable bonds is 6. The molecule has 40 heavy (non-hydrogen) atoms. The predicted octanol–water partition coefficient (Wildman–Crippen LogP) is 0.960. The maximum absolute atomic E-state index is 13.7. The summed E-state index contributed by atoms with van der Waals surface area (Å²) < 4.78 is 24.7. The van der Waals surface area contributed by atoms with Gasteiger partial charge in [-0.05, 0) is 44.4 Å². The zero-order chi connectivity index (χ0) is 28.5. The van der Waals surface area contributed by atoms with Gasteiger partial charge in [0.1, 0.15) is 22.4 Å². The molecule has 6 fully saturated rings. The summed E-state index contributed by atoms with van der Waals surface area (Å²) in [4.78, 5) is 15.9. The van der Waals surface area contributed by atoms with E-state index in [1.807, 2.05) is 6.92 Å². The highest BCUT2D eigenvalue weighted by molar-refractivity contribution is 5.95. The fraction of sp³-hybridized carbons (Fsp3) is 0.767. The molecule has 1 aromatic rings. The first-order valence-electron chi connectivity index (χ1n) is 14.6. The van der Waals surface area contributed by atoms with Crippen molar-refractivity contribution in [3.8, 4) is 0 Å². The molecule has 5 aliphatic carbocycles. The molecule has 10 heteroatoms. The van der Waals surface area contributed by atoms with Gasteiger partial charge in [0, 0.05) is 63.2 Å². The third-order valence-corrected chi connectivity index (χ3v) is 12.4. The van der Waals surface area contributed by atoms with Crippen LogP contribution in [0.25, 0.3) is 0 Å². The summed E-state index contributed by atoms with van der Waals surface area (Å²) in [6.07, 6.45) is 0.509. The first-order chi connectivity index (χ1) is 19.0. The maximum Gasteiger partial charge on any atom is 0.340 e. The van der Waals surface area contributed by atoms with E-state index in [0.717, 1.165) is 0 Å². The van der Waals surface area contributed by atoms with Gasteiger partial charge in [-0.25, -0.2) is 4.79 Å². The van der Waals surface area contributed by atoms with E-state index in [4.69, 9.17) is 24.7 Å². The van der Waals surface area contributed by atoms with Crippen molar-refractivity contribution in [2.45, 2.75) is 85.8 Å². The van der Waals surface area contributed by atoms with Crippen LogP contribution in [0.3, 0.4) is 0 Å². The second-order valence-electron chi connectivity index (χ2n) is 13.2. The zero-order valence-electron chi connectivity index (χ0n) is 23.7. The van der Waals surface area contributed by atoms with E-state index >= 15 is 0 Å². The van der Waals surface area contributed by atoms with Crippen LogP contribution in [0.15, 0.2) is 24.3 Å². The van der Waals surface area contributed by atoms with E-state index in [0.29, 0.717) is 43.6 Å². The largest absolute Gasteiger partial charge is 0.454 e. The number of methoxy groups -OCH3 is 3. The van der Waals surface area contributed by atoms with Crippen molar-refractivity contribution in [1.29, 1.82) is 0 Å². The number of esters is 1. The molecule has 0 aromatic heterocycles. The first kappa shape index (κ1) is 27.1. The van der Waals surface area contributed by atoms with E-state index in [9.17, 15) is 20.1 Å². The summed E-state index contributed by atoms with van der Waals surface area (Å²) >= 11 is 0. The van der Waals surface area contributed by atoms with Crippen molar-refractivity contribution in [3.63, 3.8) is 0 Å². The molecule has 0 unspecified atom stereocenters. The average Bonchev–Trinajstić information content (AvgIpc) is 3.32. The maximum atomic E-state index is 13.7. The Hall–Kier alpha value is -1.79. The van der Waals surface area contributed by atoms with Gasteiger partial charge in [0.05, 0.1) is 29.9 Å². The number of hydrogen-bond donors (Lipinski definition) is 4. The van der Waals surface area contributed by atoms with Gasteiger partial charge in [-0.2, -0.15) is 0 Å². The SMILES string of the molecule is CCN1C[C@@]2(OC(=O)c3ccccc3N)CC[C@H](OC)[C@@]34[C@@H]2C[C@@](O)([C@@H]13)[C@]1(O)C[C@H](OC)[C@@H]2C[C@@H]4[C@]1(O)[C@H]2OC. The summed E-state index contributed by atoms with van der Waals surface area (Å²) in [7, 11) is 4.85. The van der Waals surface area contributed by atoms with Gasteiger partial charge in [0.2, 0.25) is 0 Å². The fourth-order valence-corrected chi connectivity index (χ4v) is 11.3. The van der Waals surface area contributed by atoms with E-state index in [2.05, 4.69) is 4.90 Å². The van der Waals surface area contributed by atoms with Crippen LogP contribution in [0.5, 0.6) is 0 Å². The van der Waals surface area contributed by atoms with Crippen LogP contribution in [0.1, 0.15) is 49.4 Å². The number of fused-ring (bicyclic) bond motifs is 2. The van der Waals surface area contributed by atoms with Crippen molar-refractivity contribution in [3.05, 3.63) is 29.8 Å². The summed E-state index contributed by atoms with van der Waals surface area (Å²) in [6.45, 7) is 3.01. The highest BCUT2D eigenvalue weighted by atomic mass is 16.6. The molecule has 1 heterocycles. The molecule has 5 N–H and O–H groups in total. The first-order valence-corrected chi connectivity index (χ1v) is 14.6. The summed E-state index contributed by atoms with van der Waals surface area (Å²) in [5.74, 6) is -1.49. The van der Waals surface area contributed by atoms with Gasteiger partial charge >= 0.3 is 5.97 Å². The van der Waals surface area contributed by atoms with Crippen LogP contribution < -0.4 is 5.73 Å². The van der Waals surface area contributed by atoms with Crippen molar-refractivity contribution < 1.29 is 39.1 Å². The number of anilines is 1. The third-order valence-electron chi connectivity index (χ3n) is 12.4. The topological polar surface area (TPSA) is 144 Å². The molecular weight excluding hydrogens is 516 g/mol. The molecule has 1 aliphatic heterocycles. The minimum atomic E-state index is -1.90. The average molecular weight is 559 g/mol. The fourth-order valence-electron chi connectivity index (χ4n) is 11.3. The highest BCUT2D eigenvalue weighted by Gasteiger charge is 2.93. The Bertz CT molecular complexity index is 1230. The molecule has 1 aromatic carbocycles. The molecule has 10 nitrogen and oxygen atoms in total. The predicted molar refractivity (Wildman–Crippen MR) is 143 cm³/mol. The standard InChI is InChI=1S/C30H42N2O8/c1-5-32-15-26(40-24(33)16-8-6-7-9-18(16)31)11-10-22(38-3)29-20-12-17-19(37-2)13-28(35,30(20,36)23(17)39-4)27(34,25(29)32)14-21(26)29/h6-9,17,19-23,25,34-36H,5,10-15,31H2,1-4H3/t17-,19-,20-,21+,22-,23-,25+,26-,27+,28+,29+,30-/m0/s1. The minimum Gasteiger partial charge on any atom is -0.454 e. The Morgan fingerprint density at radius 2 is 1.82 bits per heavy atom. The van der Waals surface area contributed by atoms with E-state index in [1.165, 1.54) is 0 Å². The van der Waals surface area contributed by atoms with Gasteiger partial charge < -0.3 is 40.0 Å². The lowest BCUT2D eigenvalue weighted by Crippen LogP contribution is -2.87. The van der Waals surface area contributed by atoms with Gasteiger partial charge in [-0.1, -0.05) is 19.1 Å². The van der Waals surface area contributed by atoms with E-state index in [-0.39, 0.29) is 36.9 Å². The number of carbonyl (C=O) groups is 1. The van der Waals surface area contributed by atoms with Crippen LogP contribution in [-0.2, 0) is 18.9 Å². The van der Waals surface area contributed by atoms with Crippen molar-refractivity contribution in [2.24, 2.45) is 23.2 Å². The molecule has 6 aliphatic rings. The van der Waals surface area contributed by atoms with Crippen LogP contribution >= 0.6 is 0 Å². The van der Waals surface area contributed by atoms with E-state index < -0.39 is 51.9 Å². The molecule has 5 saturated carbocycles. The molecule has 1 spiro atoms. The third kappa shape index (κ3) is 2.69. The lowest BCUT2D eigenvalue weighted by Gasteiger charge is -2.71. The normalized spacial score (nSPS) is 52.0. The van der Waals surface area contributed by atoms with Gasteiger partial charge in [0.25, 0.3) is 0 Å². The quantitative estimate of drug-likeness (QED) is 0.294. The molecule has 1 saturated heterocycles. The number of aliphatic hydroxyl groups is 3. The molecule has 0 amide bonds. The molecule has 7 bridgehead atoms. The van der Waals surface area contributed by atoms with Gasteiger partial charge in [-0.15, -0.1) is 0 Å². The van der Waals surface area contributed by atoms with Crippen molar-refractivity contribution in [2.75, 3.05) is 40.2 Å². The Morgan fingerprint density at radius 1 is 1.07 bits per heavy atom. The van der Waals surface area contributed by atoms with E-state index in [1.54, 1.807) is 45.6 Å². The Kier molecular flexibility index (Phi) is 5.68. The smallest absolute Gasteiger partial charge is 0.340 e. The Balaban J connectivity index is 1.45. The van der Waals surface area contributed by atoms with Crippen LogP contribution in [0.4, 0.5) is 5.69 Å². The second-order valence-corrected chi connectivity index (χ2v) is 13.2. The Morgan fingerprint density at radius 3 is 2.48 bits per heavy atom. The molecular formula is C30H42N2O8. The number of ether oxygens (including phenoxy) is 4. The number of para-hydroxylation sites is 1. The summed E-state index contributed by atoms with van der Waals surface area (Å²) in [5.41, 5.74) is -0.285. The lowest BCUT2D eigenvalue weighted by atomic mass is 9.43. The second kappa shape index (κ2) is 8.40. The van der Waals surface area contributed by atoms with Crippen LogP contribution in [-0.4, -0.2) is 107 Å². The lowest BCUT2D eigenvalue weighted by molar-refractivity contribution is -0.369. The van der Waals surface area contributed by atoms with Gasteiger partial charge in [-0.3, -0.25) is 4.90 Å². The Labute approximate surface area is 234 Å². The summed E-state index contributed by atoms with van der Waals surface area (Å²) in [6, 6.07) is 6.38. The van der Waals surface area contributed by atoms with Gasteiger partial charge in [0.15, 0.2) is 0 Å². The molecule has 0 radical (unpaired) electrons. The molecule has 12 atom stereocenters. The number of carbonyl (C=O) groups excluding carboxylic acids is 1. The minimum absolute atomic E-state index is 0.0966. The summed E-state index contributed by atoms with van der Waals surface area (Å²) in [5, 5.41) is 38.5. The monoisotopic (exact) mass is 558 g/mol. The number of piperidine rings is 1. The highest BCUT2D eigenvalue weighted by Crippen LogP contribution is 2.80. The number of likely N-dealkylation sites (tertiary alicyclic amines) is 1. The zero-order valence-corrected chi connectivity index (χ0v) is 23.7. The van der Waals surface area contributed by atoms with Crippen molar-refractivity contribution >= 4 is 11.7 Å².